The summed E-state index contributed by atoms with van der Waals surface area (Å²) in [5, 5.41) is 1.92. The van der Waals surface area contributed by atoms with E-state index < -0.39 is 15.6 Å². The maximum Gasteiger partial charge on any atom is 0.419 e. The molecule has 0 spiro atoms. The zero-order chi connectivity index (χ0) is 17.6. The molecule has 0 radical (unpaired) electrons. The Morgan fingerprint density at radius 1 is 1.00 bits per heavy atom. The molecule has 1 aromatic heterocycles. The number of aryl methyl sites for hydroxylation is 1. The molecule has 0 N–H and O–H groups in total. The van der Waals surface area contributed by atoms with Crippen LogP contribution in [0.15, 0.2) is 74.8 Å². The van der Waals surface area contributed by atoms with E-state index in [0.717, 1.165) is 16.3 Å². The number of nitrogens with zero attached hydrogens (tertiary/aromatic N) is 1. The highest BCUT2D eigenvalue weighted by Crippen LogP contribution is 2.25. The van der Waals surface area contributed by atoms with Gasteiger partial charge in [-0.2, -0.15) is 0 Å². The van der Waals surface area contributed by atoms with Gasteiger partial charge < -0.3 is 4.42 Å². The summed E-state index contributed by atoms with van der Waals surface area (Å²) in [6.45, 7) is 0. The lowest BCUT2D eigenvalue weighted by Gasteiger charge is -2.08. The monoisotopic (exact) mass is 353 g/mol. The lowest BCUT2D eigenvalue weighted by atomic mass is 10.1. The van der Waals surface area contributed by atoms with Crippen LogP contribution in [0.25, 0.3) is 21.9 Å². The van der Waals surface area contributed by atoms with Crippen LogP contribution in [0.1, 0.15) is 5.56 Å². The van der Waals surface area contributed by atoms with Crippen molar-refractivity contribution in [2.45, 2.75) is 10.6 Å². The topological polar surface area (TPSA) is 69.3 Å². The summed E-state index contributed by atoms with van der Waals surface area (Å²) in [6.07, 6.45) is 0. The van der Waals surface area contributed by atoms with Gasteiger partial charge in [0, 0.05) is 13.1 Å². The molecule has 0 saturated heterocycles. The molecule has 0 aliphatic heterocycles. The molecular formula is C19H15NO4S. The van der Waals surface area contributed by atoms with Crippen LogP contribution in [0.3, 0.4) is 0 Å². The summed E-state index contributed by atoms with van der Waals surface area (Å²) in [7, 11) is -1.99. The predicted molar refractivity (Wildman–Crippen MR) is 96.3 cm³/mol. The van der Waals surface area contributed by atoms with Crippen molar-refractivity contribution in [2.24, 2.45) is 7.05 Å². The number of benzene rings is 3. The van der Waals surface area contributed by atoms with Crippen LogP contribution in [0, 0.1) is 0 Å². The fraction of sp³-hybridized carbons (Fsp3) is 0.105. The summed E-state index contributed by atoms with van der Waals surface area (Å²) in [5.74, 6) is -0.629. The molecule has 0 aliphatic carbocycles. The number of hydrogen-bond acceptors (Lipinski definition) is 4. The van der Waals surface area contributed by atoms with Gasteiger partial charge in [0.05, 0.1) is 16.2 Å². The van der Waals surface area contributed by atoms with E-state index in [1.165, 1.54) is 16.7 Å². The van der Waals surface area contributed by atoms with Crippen LogP contribution < -0.4 is 5.76 Å². The van der Waals surface area contributed by atoms with Crippen LogP contribution in [0.4, 0.5) is 0 Å². The Morgan fingerprint density at radius 2 is 1.76 bits per heavy atom. The first-order valence-electron chi connectivity index (χ1n) is 7.75. The van der Waals surface area contributed by atoms with Crippen molar-refractivity contribution in [3.05, 3.63) is 76.8 Å². The fourth-order valence-corrected chi connectivity index (χ4v) is 4.40. The lowest BCUT2D eigenvalue weighted by Crippen LogP contribution is -2.08. The second-order valence-corrected chi connectivity index (χ2v) is 7.94. The van der Waals surface area contributed by atoms with Gasteiger partial charge in [0.25, 0.3) is 0 Å². The van der Waals surface area contributed by atoms with Gasteiger partial charge in [-0.15, -0.1) is 0 Å². The van der Waals surface area contributed by atoms with Gasteiger partial charge in [0.1, 0.15) is 0 Å². The number of oxazole rings is 1. The predicted octanol–water partition coefficient (Wildman–Crippen LogP) is 3.26. The third kappa shape index (κ3) is 2.64. The standard InChI is InChI=1S/C19H15NO4S/c1-20-17-10-9-15(11-18(17)24-19(20)21)25(22,23)12-14-7-4-6-13-5-2-3-8-16(13)14/h2-11H,12H2,1H3. The van der Waals surface area contributed by atoms with Crippen LogP contribution >= 0.6 is 0 Å². The normalized spacial score (nSPS) is 12.0. The SMILES string of the molecule is Cn1c(=O)oc2cc(S(=O)(=O)Cc3cccc4ccccc34)ccc21. The molecule has 4 aromatic rings. The molecule has 0 fully saturated rings. The highest BCUT2D eigenvalue weighted by atomic mass is 32.2. The molecule has 1 heterocycles. The molecule has 0 unspecified atom stereocenters. The number of rotatable bonds is 3. The Morgan fingerprint density at radius 3 is 2.60 bits per heavy atom. The van der Waals surface area contributed by atoms with Gasteiger partial charge in [0.2, 0.25) is 0 Å². The second-order valence-electron chi connectivity index (χ2n) is 5.95. The van der Waals surface area contributed by atoms with Crippen molar-refractivity contribution in [1.82, 2.24) is 4.57 Å². The highest BCUT2D eigenvalue weighted by molar-refractivity contribution is 7.90. The average Bonchev–Trinajstić information content (AvgIpc) is 2.89. The third-order valence-electron chi connectivity index (χ3n) is 4.35. The van der Waals surface area contributed by atoms with Crippen LogP contribution in [-0.2, 0) is 22.6 Å². The molecule has 5 nitrogen and oxygen atoms in total. The van der Waals surface area contributed by atoms with Gasteiger partial charge in [-0.05, 0) is 28.5 Å². The highest BCUT2D eigenvalue weighted by Gasteiger charge is 2.19. The third-order valence-corrected chi connectivity index (χ3v) is 6.01. The van der Waals surface area contributed by atoms with E-state index in [4.69, 9.17) is 4.42 Å². The molecule has 6 heteroatoms. The Kier molecular flexibility index (Phi) is 3.51. The second kappa shape index (κ2) is 5.60. The van der Waals surface area contributed by atoms with E-state index in [-0.39, 0.29) is 16.2 Å². The minimum atomic E-state index is -3.57. The molecule has 25 heavy (non-hydrogen) atoms. The molecule has 0 aliphatic rings. The zero-order valence-corrected chi connectivity index (χ0v) is 14.3. The van der Waals surface area contributed by atoms with E-state index in [2.05, 4.69) is 0 Å². The number of sulfone groups is 1. The van der Waals surface area contributed by atoms with Gasteiger partial charge in [-0.1, -0.05) is 42.5 Å². The largest absolute Gasteiger partial charge is 0.419 e. The molecule has 0 amide bonds. The summed E-state index contributed by atoms with van der Waals surface area (Å²) >= 11 is 0. The zero-order valence-electron chi connectivity index (χ0n) is 13.5. The van der Waals surface area contributed by atoms with Crippen LogP contribution in [0.5, 0.6) is 0 Å². The maximum atomic E-state index is 12.9. The molecule has 3 aromatic carbocycles. The van der Waals surface area contributed by atoms with E-state index in [9.17, 15) is 13.2 Å². The van der Waals surface area contributed by atoms with E-state index in [1.54, 1.807) is 13.1 Å². The van der Waals surface area contributed by atoms with Gasteiger partial charge in [0.15, 0.2) is 15.4 Å². The van der Waals surface area contributed by atoms with Crippen molar-refractivity contribution >= 4 is 31.7 Å². The summed E-state index contributed by atoms with van der Waals surface area (Å²) < 4.78 is 32.1. The first-order valence-corrected chi connectivity index (χ1v) is 9.40. The smallest absolute Gasteiger partial charge is 0.408 e. The fourth-order valence-electron chi connectivity index (χ4n) is 3.01. The maximum absolute atomic E-state index is 12.9. The van der Waals surface area contributed by atoms with Crippen LogP contribution in [-0.4, -0.2) is 13.0 Å². The van der Waals surface area contributed by atoms with Crippen molar-refractivity contribution < 1.29 is 12.8 Å². The molecule has 126 valence electrons. The molecule has 0 bridgehead atoms. The van der Waals surface area contributed by atoms with Crippen molar-refractivity contribution in [1.29, 1.82) is 0 Å². The Labute approximate surface area is 144 Å². The van der Waals surface area contributed by atoms with E-state index in [0.29, 0.717) is 5.52 Å². The first kappa shape index (κ1) is 15.7. The molecule has 0 atom stereocenters. The van der Waals surface area contributed by atoms with Crippen molar-refractivity contribution in [3.63, 3.8) is 0 Å². The molecular weight excluding hydrogens is 338 g/mol. The molecule has 0 saturated carbocycles. The Balaban J connectivity index is 1.80. The van der Waals surface area contributed by atoms with Gasteiger partial charge in [-0.25, -0.2) is 13.2 Å². The van der Waals surface area contributed by atoms with Crippen molar-refractivity contribution in [2.75, 3.05) is 0 Å². The number of hydrogen-bond donors (Lipinski definition) is 0. The van der Waals surface area contributed by atoms with Gasteiger partial charge in [-0.3, -0.25) is 4.57 Å². The summed E-state index contributed by atoms with van der Waals surface area (Å²) in [4.78, 5) is 11.7. The summed E-state index contributed by atoms with van der Waals surface area (Å²) in [5.41, 5.74) is 1.58. The van der Waals surface area contributed by atoms with E-state index in [1.807, 2.05) is 42.5 Å². The summed E-state index contributed by atoms with van der Waals surface area (Å²) in [6, 6.07) is 17.8. The van der Waals surface area contributed by atoms with Crippen LogP contribution in [0.2, 0.25) is 0 Å². The van der Waals surface area contributed by atoms with Crippen molar-refractivity contribution in [3.8, 4) is 0 Å². The molecule has 4 rings (SSSR count). The lowest BCUT2D eigenvalue weighted by molar-refractivity contribution is 0.527. The van der Waals surface area contributed by atoms with Gasteiger partial charge >= 0.3 is 5.76 Å². The minimum absolute atomic E-state index is 0.114. The number of aromatic nitrogens is 1. The Hall–Kier alpha value is -2.86. The minimum Gasteiger partial charge on any atom is -0.408 e. The van der Waals surface area contributed by atoms with E-state index >= 15 is 0 Å². The quantitative estimate of drug-likeness (QED) is 0.567. The Bertz CT molecular complexity index is 1260. The first-order chi connectivity index (χ1) is 12.0. The number of fused-ring (bicyclic) bond motifs is 2. The average molecular weight is 353 g/mol.